The van der Waals surface area contributed by atoms with Crippen LogP contribution in [-0.4, -0.2) is 42.0 Å². The van der Waals surface area contributed by atoms with Gasteiger partial charge in [0.15, 0.2) is 0 Å². The smallest absolute Gasteiger partial charge is 0.100 e. The number of methoxy groups -OCH3 is 1. The maximum absolute atomic E-state index is 5.88. The molecule has 1 fully saturated rings. The summed E-state index contributed by atoms with van der Waals surface area (Å²) in [4.78, 5) is 4.17. The van der Waals surface area contributed by atoms with E-state index in [4.69, 9.17) is 9.47 Å². The highest BCUT2D eigenvalue weighted by Gasteiger charge is 2.26. The molecule has 1 aliphatic heterocycles. The molecular formula is C14H25N3O2. The van der Waals surface area contributed by atoms with Crippen LogP contribution in [0.4, 0.5) is 0 Å². The van der Waals surface area contributed by atoms with Crippen LogP contribution in [0, 0.1) is 0 Å². The molecule has 0 aliphatic carbocycles. The van der Waals surface area contributed by atoms with E-state index in [9.17, 15) is 0 Å². The van der Waals surface area contributed by atoms with Crippen molar-refractivity contribution in [2.45, 2.75) is 44.4 Å². The molecule has 1 saturated heterocycles. The van der Waals surface area contributed by atoms with Gasteiger partial charge in [0.1, 0.15) is 6.10 Å². The molecule has 0 amide bonds. The minimum Gasteiger partial charge on any atom is -0.383 e. The quantitative estimate of drug-likeness (QED) is 0.851. The second-order valence-electron chi connectivity index (χ2n) is 5.24. The van der Waals surface area contributed by atoms with Gasteiger partial charge in [0.05, 0.1) is 24.8 Å². The fourth-order valence-electron chi connectivity index (χ4n) is 2.65. The lowest BCUT2D eigenvalue weighted by Crippen LogP contribution is -2.44. The molecule has 0 radical (unpaired) electrons. The van der Waals surface area contributed by atoms with Gasteiger partial charge in [-0.15, -0.1) is 0 Å². The number of hydrogen-bond donors (Lipinski definition) is 1. The van der Waals surface area contributed by atoms with E-state index in [1.807, 2.05) is 24.1 Å². The van der Waals surface area contributed by atoms with Gasteiger partial charge in [-0.25, -0.2) is 4.98 Å². The largest absolute Gasteiger partial charge is 0.383 e. The molecule has 0 spiro atoms. The third-order valence-corrected chi connectivity index (χ3v) is 3.80. The van der Waals surface area contributed by atoms with Crippen molar-refractivity contribution in [2.24, 2.45) is 7.05 Å². The van der Waals surface area contributed by atoms with Crippen molar-refractivity contribution in [3.8, 4) is 0 Å². The van der Waals surface area contributed by atoms with Crippen LogP contribution in [0.25, 0.3) is 0 Å². The normalized spacial score (nSPS) is 25.4. The third-order valence-electron chi connectivity index (χ3n) is 3.80. The van der Waals surface area contributed by atoms with E-state index >= 15 is 0 Å². The second kappa shape index (κ2) is 7.03. The lowest BCUT2D eigenvalue weighted by Gasteiger charge is -2.32. The van der Waals surface area contributed by atoms with Crippen LogP contribution in [-0.2, 0) is 16.5 Å². The number of nitrogens with one attached hydrogen (secondary N) is 1. The van der Waals surface area contributed by atoms with Gasteiger partial charge < -0.3 is 19.4 Å². The molecule has 108 valence electrons. The van der Waals surface area contributed by atoms with Crippen molar-refractivity contribution < 1.29 is 9.47 Å². The molecule has 19 heavy (non-hydrogen) atoms. The fourth-order valence-corrected chi connectivity index (χ4v) is 2.65. The summed E-state index contributed by atoms with van der Waals surface area (Å²) in [5.74, 6) is 0. The molecule has 0 saturated carbocycles. The number of hydrogen-bond acceptors (Lipinski definition) is 4. The first-order valence-electron chi connectivity index (χ1n) is 7.07. The van der Waals surface area contributed by atoms with Crippen molar-refractivity contribution in [1.82, 2.24) is 14.9 Å². The summed E-state index contributed by atoms with van der Waals surface area (Å²) in [6.45, 7) is 3.76. The zero-order chi connectivity index (χ0) is 13.7. The standard InChI is InChI=1S/C14H25N3O2/c1-4-11(9-18-3)16-12-5-6-19-14(7-12)13-8-15-10-17(13)2/h8,10-12,14,16H,4-7,9H2,1-3H3/t11-,12-,14-/m1/s1. The molecule has 0 bridgehead atoms. The minimum absolute atomic E-state index is 0.152. The van der Waals surface area contributed by atoms with Crippen molar-refractivity contribution in [1.29, 1.82) is 0 Å². The second-order valence-corrected chi connectivity index (χ2v) is 5.24. The van der Waals surface area contributed by atoms with Gasteiger partial charge in [-0.1, -0.05) is 6.92 Å². The molecule has 0 aromatic carbocycles. The van der Waals surface area contributed by atoms with Crippen molar-refractivity contribution in [3.05, 3.63) is 18.2 Å². The van der Waals surface area contributed by atoms with Gasteiger partial charge in [-0.05, 0) is 19.3 Å². The van der Waals surface area contributed by atoms with E-state index < -0.39 is 0 Å². The Morgan fingerprint density at radius 1 is 1.63 bits per heavy atom. The Bertz CT molecular complexity index is 381. The zero-order valence-electron chi connectivity index (χ0n) is 12.1. The Balaban J connectivity index is 1.92. The Labute approximate surface area is 115 Å². The molecule has 1 N–H and O–H groups in total. The number of ether oxygens (including phenoxy) is 2. The van der Waals surface area contributed by atoms with Crippen molar-refractivity contribution in [2.75, 3.05) is 20.3 Å². The first-order valence-corrected chi connectivity index (χ1v) is 7.07. The predicted molar refractivity (Wildman–Crippen MR) is 74.0 cm³/mol. The number of rotatable bonds is 6. The average Bonchev–Trinajstić information content (AvgIpc) is 2.85. The molecule has 3 atom stereocenters. The van der Waals surface area contributed by atoms with Crippen LogP contribution in [0.3, 0.4) is 0 Å². The molecule has 1 aromatic rings. The van der Waals surface area contributed by atoms with E-state index in [1.54, 1.807) is 7.11 Å². The van der Waals surface area contributed by atoms with Crippen molar-refractivity contribution >= 4 is 0 Å². The monoisotopic (exact) mass is 267 g/mol. The van der Waals surface area contributed by atoms with E-state index in [2.05, 4.69) is 17.2 Å². The van der Waals surface area contributed by atoms with Gasteiger partial charge in [-0.2, -0.15) is 0 Å². The predicted octanol–water partition coefficient (Wildman–Crippen LogP) is 1.65. The van der Waals surface area contributed by atoms with Crippen LogP contribution in [0.15, 0.2) is 12.5 Å². The van der Waals surface area contributed by atoms with Crippen LogP contribution < -0.4 is 5.32 Å². The molecule has 1 aliphatic rings. The summed E-state index contributed by atoms with van der Waals surface area (Å²) in [6, 6.07) is 0.925. The highest BCUT2D eigenvalue weighted by Crippen LogP contribution is 2.27. The summed E-state index contributed by atoms with van der Waals surface area (Å²) in [5.41, 5.74) is 1.16. The SMILES string of the molecule is CC[C@H](COC)N[C@@H]1CCO[C@@H](c2cncn2C)C1. The van der Waals surface area contributed by atoms with Crippen molar-refractivity contribution in [3.63, 3.8) is 0 Å². The Morgan fingerprint density at radius 3 is 3.11 bits per heavy atom. The number of nitrogens with zero attached hydrogens (tertiary/aromatic N) is 2. The highest BCUT2D eigenvalue weighted by molar-refractivity contribution is 5.04. The van der Waals surface area contributed by atoms with E-state index in [0.29, 0.717) is 12.1 Å². The minimum atomic E-state index is 0.152. The molecule has 0 unspecified atom stereocenters. The van der Waals surface area contributed by atoms with Gasteiger partial charge in [0.25, 0.3) is 0 Å². The molecular weight excluding hydrogens is 242 g/mol. The first kappa shape index (κ1) is 14.5. The summed E-state index contributed by atoms with van der Waals surface area (Å²) in [6.07, 6.45) is 7.03. The number of aromatic nitrogens is 2. The average molecular weight is 267 g/mol. The Kier molecular flexibility index (Phi) is 5.36. The zero-order valence-corrected chi connectivity index (χ0v) is 12.1. The molecule has 2 heterocycles. The summed E-state index contributed by atoms with van der Waals surface area (Å²) >= 11 is 0. The van der Waals surface area contributed by atoms with E-state index in [1.165, 1.54) is 0 Å². The van der Waals surface area contributed by atoms with E-state index in [0.717, 1.165) is 38.2 Å². The number of aryl methyl sites for hydroxylation is 1. The van der Waals surface area contributed by atoms with Crippen LogP contribution >= 0.6 is 0 Å². The number of imidazole rings is 1. The Hall–Kier alpha value is -0.910. The van der Waals surface area contributed by atoms with Gasteiger partial charge in [0, 0.05) is 32.8 Å². The summed E-state index contributed by atoms with van der Waals surface area (Å²) < 4.78 is 13.2. The summed E-state index contributed by atoms with van der Waals surface area (Å²) in [5, 5.41) is 3.68. The maximum atomic E-state index is 5.88. The van der Waals surface area contributed by atoms with Gasteiger partial charge in [0.2, 0.25) is 0 Å². The molecule has 2 rings (SSSR count). The molecule has 5 heteroatoms. The van der Waals surface area contributed by atoms with Gasteiger partial charge in [-0.3, -0.25) is 0 Å². The van der Waals surface area contributed by atoms with Crippen LogP contribution in [0.5, 0.6) is 0 Å². The topological polar surface area (TPSA) is 48.3 Å². The molecule has 5 nitrogen and oxygen atoms in total. The maximum Gasteiger partial charge on any atom is 0.100 e. The fraction of sp³-hybridized carbons (Fsp3) is 0.786. The van der Waals surface area contributed by atoms with Gasteiger partial charge >= 0.3 is 0 Å². The van der Waals surface area contributed by atoms with Crippen LogP contribution in [0.2, 0.25) is 0 Å². The van der Waals surface area contributed by atoms with E-state index in [-0.39, 0.29) is 6.10 Å². The van der Waals surface area contributed by atoms with Crippen LogP contribution in [0.1, 0.15) is 38.0 Å². The highest BCUT2D eigenvalue weighted by atomic mass is 16.5. The lowest BCUT2D eigenvalue weighted by molar-refractivity contribution is -0.00768. The lowest BCUT2D eigenvalue weighted by atomic mass is 10.00. The Morgan fingerprint density at radius 2 is 2.47 bits per heavy atom. The first-order chi connectivity index (χ1) is 9.24. The third kappa shape index (κ3) is 3.78. The summed E-state index contributed by atoms with van der Waals surface area (Å²) in [7, 11) is 3.77. The molecule has 1 aromatic heterocycles.